The fraction of sp³-hybridized carbons (Fsp3) is 0.348. The van der Waals surface area contributed by atoms with Crippen LogP contribution in [0.25, 0.3) is 0 Å². The monoisotopic (exact) mass is 425 g/mol. The minimum Gasteiger partial charge on any atom is -0.497 e. The van der Waals surface area contributed by atoms with Crippen molar-refractivity contribution in [2.75, 3.05) is 14.2 Å². The van der Waals surface area contributed by atoms with E-state index in [-0.39, 0.29) is 30.7 Å². The Morgan fingerprint density at radius 1 is 1.10 bits per heavy atom. The molecule has 31 heavy (non-hydrogen) atoms. The first-order valence-electron chi connectivity index (χ1n) is 9.92. The third kappa shape index (κ3) is 4.63. The second-order valence-electron chi connectivity index (χ2n) is 7.63. The first-order valence-corrected chi connectivity index (χ1v) is 9.92. The fourth-order valence-electron chi connectivity index (χ4n) is 3.76. The second-order valence-corrected chi connectivity index (χ2v) is 7.63. The van der Waals surface area contributed by atoms with Gasteiger partial charge in [-0.25, -0.2) is 0 Å². The summed E-state index contributed by atoms with van der Waals surface area (Å²) in [6.45, 7) is 3.21. The van der Waals surface area contributed by atoms with Crippen LogP contribution in [-0.2, 0) is 27.3 Å². The number of amides is 3. The Kier molecular flexibility index (Phi) is 6.48. The van der Waals surface area contributed by atoms with Gasteiger partial charge in [0.25, 0.3) is 5.91 Å². The van der Waals surface area contributed by atoms with E-state index in [1.807, 2.05) is 30.3 Å². The number of benzene rings is 2. The van der Waals surface area contributed by atoms with Gasteiger partial charge in [0.1, 0.15) is 17.7 Å². The highest BCUT2D eigenvalue weighted by atomic mass is 16.5. The quantitative estimate of drug-likeness (QED) is 0.627. The lowest BCUT2D eigenvalue weighted by atomic mass is 9.84. The largest absolute Gasteiger partial charge is 0.497 e. The van der Waals surface area contributed by atoms with Crippen LogP contribution in [0.1, 0.15) is 25.0 Å². The van der Waals surface area contributed by atoms with Gasteiger partial charge in [0, 0.05) is 18.6 Å². The molecule has 1 heterocycles. The van der Waals surface area contributed by atoms with Crippen molar-refractivity contribution in [3.05, 3.63) is 59.7 Å². The second kappa shape index (κ2) is 9.07. The summed E-state index contributed by atoms with van der Waals surface area (Å²) >= 11 is 0. The zero-order valence-electron chi connectivity index (χ0n) is 18.1. The predicted molar refractivity (Wildman–Crippen MR) is 114 cm³/mol. The molecule has 2 N–H and O–H groups in total. The number of ether oxygens (including phenoxy) is 2. The van der Waals surface area contributed by atoms with Gasteiger partial charge in [0.2, 0.25) is 11.8 Å². The first kappa shape index (κ1) is 22.1. The number of carbonyl (C=O) groups excluding carboxylic acids is 3. The molecule has 2 aromatic rings. The lowest BCUT2D eigenvalue weighted by molar-refractivity contribution is -0.169. The Balaban J connectivity index is 1.78. The van der Waals surface area contributed by atoms with Gasteiger partial charge < -0.3 is 25.0 Å². The van der Waals surface area contributed by atoms with Gasteiger partial charge in [-0.3, -0.25) is 14.4 Å². The van der Waals surface area contributed by atoms with Crippen LogP contribution in [0.2, 0.25) is 0 Å². The molecule has 0 saturated carbocycles. The molecule has 0 aliphatic carbocycles. The number of methoxy groups -OCH3 is 2. The van der Waals surface area contributed by atoms with E-state index in [2.05, 4.69) is 10.6 Å². The van der Waals surface area contributed by atoms with E-state index in [1.54, 1.807) is 32.2 Å². The van der Waals surface area contributed by atoms with Gasteiger partial charge in [-0.1, -0.05) is 30.3 Å². The number of rotatable bonds is 8. The highest BCUT2D eigenvalue weighted by molar-refractivity contribution is 5.98. The highest BCUT2D eigenvalue weighted by Gasteiger charge is 2.59. The van der Waals surface area contributed by atoms with Crippen molar-refractivity contribution in [1.29, 1.82) is 0 Å². The van der Waals surface area contributed by atoms with Gasteiger partial charge in [0.05, 0.1) is 27.2 Å². The Labute approximate surface area is 181 Å². The van der Waals surface area contributed by atoms with Crippen LogP contribution in [0.15, 0.2) is 48.5 Å². The van der Waals surface area contributed by atoms with Crippen LogP contribution in [0.5, 0.6) is 11.5 Å². The number of β-lactam (4-membered cyclic amide) rings is 1. The number of hydrogen-bond acceptors (Lipinski definition) is 5. The van der Waals surface area contributed by atoms with E-state index in [0.717, 1.165) is 11.1 Å². The van der Waals surface area contributed by atoms with Crippen molar-refractivity contribution in [2.24, 2.45) is 0 Å². The third-order valence-electron chi connectivity index (χ3n) is 5.35. The molecule has 1 aliphatic heterocycles. The van der Waals surface area contributed by atoms with Gasteiger partial charge in [0.15, 0.2) is 5.54 Å². The van der Waals surface area contributed by atoms with Gasteiger partial charge in [-0.15, -0.1) is 0 Å². The summed E-state index contributed by atoms with van der Waals surface area (Å²) < 4.78 is 10.6. The minimum atomic E-state index is -1.24. The molecule has 0 aromatic heterocycles. The van der Waals surface area contributed by atoms with Crippen molar-refractivity contribution >= 4 is 17.7 Å². The van der Waals surface area contributed by atoms with E-state index in [1.165, 1.54) is 18.9 Å². The molecule has 0 spiro atoms. The number of nitrogens with zero attached hydrogens (tertiary/aromatic N) is 1. The Morgan fingerprint density at radius 3 is 2.42 bits per heavy atom. The molecule has 2 atom stereocenters. The van der Waals surface area contributed by atoms with Crippen molar-refractivity contribution < 1.29 is 23.9 Å². The topological polar surface area (TPSA) is 97.0 Å². The molecule has 1 aliphatic rings. The summed E-state index contributed by atoms with van der Waals surface area (Å²) in [7, 11) is 3.10. The van der Waals surface area contributed by atoms with Gasteiger partial charge in [-0.2, -0.15) is 0 Å². The number of hydrogen-bond donors (Lipinski definition) is 2. The van der Waals surface area contributed by atoms with E-state index in [0.29, 0.717) is 11.5 Å². The maximum atomic E-state index is 13.1. The van der Waals surface area contributed by atoms with Gasteiger partial charge >= 0.3 is 0 Å². The number of likely N-dealkylation sites (tertiary alicyclic amines) is 1. The average Bonchev–Trinajstić information content (AvgIpc) is 2.76. The van der Waals surface area contributed by atoms with Crippen LogP contribution in [0.3, 0.4) is 0 Å². The van der Waals surface area contributed by atoms with Crippen LogP contribution < -0.4 is 20.1 Å². The van der Waals surface area contributed by atoms with E-state index in [9.17, 15) is 14.4 Å². The van der Waals surface area contributed by atoms with Crippen LogP contribution in [0.4, 0.5) is 0 Å². The maximum Gasteiger partial charge on any atom is 0.254 e. The average molecular weight is 425 g/mol. The number of carbonyl (C=O) groups is 3. The predicted octanol–water partition coefficient (Wildman–Crippen LogP) is 1.63. The van der Waals surface area contributed by atoms with Crippen molar-refractivity contribution in [3.8, 4) is 11.5 Å². The number of nitrogens with one attached hydrogen (secondary N) is 2. The normalized spacial score (nSPS) is 19.9. The minimum absolute atomic E-state index is 0.142. The van der Waals surface area contributed by atoms with E-state index < -0.39 is 11.7 Å². The Morgan fingerprint density at radius 2 is 1.81 bits per heavy atom. The fourth-order valence-corrected chi connectivity index (χ4v) is 3.76. The summed E-state index contributed by atoms with van der Waals surface area (Å²) in [4.78, 5) is 39.0. The maximum absolute atomic E-state index is 13.1. The summed E-state index contributed by atoms with van der Waals surface area (Å²) in [5, 5.41) is 5.60. The standard InChI is InChI=1S/C23H27N3O5/c1-15(27)24-21-23(2,25-20(28)12-16-8-6-5-7-9-16)22(29)26(21)14-17-10-11-18(30-3)13-19(17)31-4/h5-11,13,21H,12,14H2,1-4H3,(H,24,27)(H,25,28)/t21-,23-/m1/s1. The summed E-state index contributed by atoms with van der Waals surface area (Å²) in [6, 6.07) is 14.6. The van der Waals surface area contributed by atoms with Crippen LogP contribution in [-0.4, -0.2) is 48.5 Å². The first-order chi connectivity index (χ1) is 14.8. The molecule has 1 saturated heterocycles. The van der Waals surface area contributed by atoms with Crippen molar-refractivity contribution in [2.45, 2.75) is 38.5 Å². The zero-order chi connectivity index (χ0) is 22.6. The van der Waals surface area contributed by atoms with Crippen LogP contribution in [0, 0.1) is 0 Å². The van der Waals surface area contributed by atoms with E-state index in [4.69, 9.17) is 9.47 Å². The van der Waals surface area contributed by atoms with E-state index >= 15 is 0 Å². The lowest BCUT2D eigenvalue weighted by Crippen LogP contribution is -2.82. The molecular weight excluding hydrogens is 398 g/mol. The molecule has 8 heteroatoms. The molecule has 1 fully saturated rings. The molecule has 8 nitrogen and oxygen atoms in total. The molecule has 164 valence electrons. The van der Waals surface area contributed by atoms with Crippen LogP contribution >= 0.6 is 0 Å². The summed E-state index contributed by atoms with van der Waals surface area (Å²) in [5.74, 6) is 0.319. The van der Waals surface area contributed by atoms with Gasteiger partial charge in [-0.05, 0) is 24.6 Å². The van der Waals surface area contributed by atoms with Crippen molar-refractivity contribution in [3.63, 3.8) is 0 Å². The summed E-state index contributed by atoms with van der Waals surface area (Å²) in [5.41, 5.74) is 0.355. The highest BCUT2D eigenvalue weighted by Crippen LogP contribution is 2.34. The molecule has 0 bridgehead atoms. The lowest BCUT2D eigenvalue weighted by Gasteiger charge is -2.54. The molecular formula is C23H27N3O5. The molecule has 3 amide bonds. The molecule has 0 radical (unpaired) electrons. The SMILES string of the molecule is COc1ccc(CN2C(=O)[C@](C)(NC(=O)Cc3ccccc3)[C@@H]2NC(C)=O)c(OC)c1. The van der Waals surface area contributed by atoms with Crippen molar-refractivity contribution in [1.82, 2.24) is 15.5 Å². The Bertz CT molecular complexity index is 978. The molecule has 0 unspecified atom stereocenters. The zero-order valence-corrected chi connectivity index (χ0v) is 18.1. The Hall–Kier alpha value is -3.55. The smallest absolute Gasteiger partial charge is 0.254 e. The summed E-state index contributed by atoms with van der Waals surface area (Å²) in [6.07, 6.45) is -0.549. The third-order valence-corrected chi connectivity index (χ3v) is 5.35. The molecule has 2 aromatic carbocycles. The molecule has 3 rings (SSSR count).